The molecule has 2 aromatic rings. The molecule has 0 fully saturated rings. The molecule has 27 heavy (non-hydrogen) atoms. The predicted octanol–water partition coefficient (Wildman–Crippen LogP) is 4.84. The molecule has 0 saturated heterocycles. The Kier molecular flexibility index (Phi) is 7.19. The van der Waals surface area contributed by atoms with Crippen molar-refractivity contribution in [3.63, 3.8) is 0 Å². The van der Waals surface area contributed by atoms with Crippen LogP contribution in [0.15, 0.2) is 30.3 Å². The van der Waals surface area contributed by atoms with Crippen LogP contribution in [0.3, 0.4) is 0 Å². The minimum Gasteiger partial charge on any atom is -0.497 e. The number of esters is 1. The van der Waals surface area contributed by atoms with E-state index < -0.39 is 5.97 Å². The molecule has 1 N–H and O–H groups in total. The van der Waals surface area contributed by atoms with Gasteiger partial charge in [-0.1, -0.05) is 19.1 Å². The number of aryl methyl sites for hydroxylation is 1. The normalized spacial score (nSPS) is 11.0. The Balaban J connectivity index is 2.18. The van der Waals surface area contributed by atoms with E-state index in [0.29, 0.717) is 17.0 Å². The molecule has 0 atom stereocenters. The van der Waals surface area contributed by atoms with E-state index in [9.17, 15) is 9.59 Å². The topological polar surface area (TPSA) is 64.6 Å². The van der Waals surface area contributed by atoms with Crippen LogP contribution in [0.4, 0.5) is 5.00 Å². The van der Waals surface area contributed by atoms with Crippen LogP contribution in [0.1, 0.15) is 47.1 Å². The smallest absolute Gasteiger partial charge is 0.341 e. The van der Waals surface area contributed by atoms with Gasteiger partial charge in [0.25, 0.3) is 0 Å². The third-order valence-corrected chi connectivity index (χ3v) is 4.95. The first-order valence-electron chi connectivity index (χ1n) is 8.82. The number of rotatable bonds is 7. The maximum Gasteiger partial charge on any atom is 0.341 e. The predicted molar refractivity (Wildman–Crippen MR) is 110 cm³/mol. The average Bonchev–Trinajstić information content (AvgIpc) is 2.94. The summed E-state index contributed by atoms with van der Waals surface area (Å²) in [7, 11) is 1.60. The van der Waals surface area contributed by atoms with E-state index in [0.717, 1.165) is 21.8 Å². The van der Waals surface area contributed by atoms with Crippen LogP contribution in [0.25, 0.3) is 6.08 Å². The van der Waals surface area contributed by atoms with E-state index in [1.807, 2.05) is 38.1 Å². The van der Waals surface area contributed by atoms with Crippen LogP contribution >= 0.6 is 11.3 Å². The maximum absolute atomic E-state index is 12.5. The highest BCUT2D eigenvalue weighted by Crippen LogP contribution is 2.34. The SMILES string of the molecule is CCc1c(C)sc(NC(=O)/C=C\c2ccc(OC)cc2)c1C(=O)OC(C)C. The number of hydrogen-bond donors (Lipinski definition) is 1. The second-order valence-electron chi connectivity index (χ2n) is 6.24. The van der Waals surface area contributed by atoms with Crippen LogP contribution in [-0.4, -0.2) is 25.1 Å². The van der Waals surface area contributed by atoms with Gasteiger partial charge in [-0.05, 0) is 56.5 Å². The lowest BCUT2D eigenvalue weighted by atomic mass is 10.1. The Morgan fingerprint density at radius 2 is 1.89 bits per heavy atom. The van der Waals surface area contributed by atoms with Crippen molar-refractivity contribution < 1.29 is 19.1 Å². The number of benzene rings is 1. The van der Waals surface area contributed by atoms with Crippen LogP contribution < -0.4 is 10.1 Å². The molecule has 144 valence electrons. The number of nitrogens with one attached hydrogen (secondary N) is 1. The van der Waals surface area contributed by atoms with Crippen molar-refractivity contribution in [2.75, 3.05) is 12.4 Å². The maximum atomic E-state index is 12.5. The molecular formula is C21H25NO4S. The van der Waals surface area contributed by atoms with E-state index in [2.05, 4.69) is 5.32 Å². The molecule has 1 aromatic carbocycles. The summed E-state index contributed by atoms with van der Waals surface area (Å²) >= 11 is 1.39. The molecule has 1 heterocycles. The standard InChI is InChI=1S/C21H25NO4S/c1-6-17-14(4)27-20(19(17)21(24)26-13(2)3)22-18(23)12-9-15-7-10-16(25-5)11-8-15/h7-13H,6H2,1-5H3,(H,22,23)/b12-9-. The summed E-state index contributed by atoms with van der Waals surface area (Å²) in [5, 5.41) is 3.35. The average molecular weight is 388 g/mol. The zero-order valence-corrected chi connectivity index (χ0v) is 17.1. The minimum absolute atomic E-state index is 0.221. The van der Waals surface area contributed by atoms with Crippen molar-refractivity contribution in [2.24, 2.45) is 0 Å². The Bertz CT molecular complexity index is 835. The Morgan fingerprint density at radius 3 is 2.44 bits per heavy atom. The van der Waals surface area contributed by atoms with Crippen molar-refractivity contribution in [3.8, 4) is 5.75 Å². The van der Waals surface area contributed by atoms with E-state index in [1.165, 1.54) is 17.4 Å². The minimum atomic E-state index is -0.402. The fraction of sp³-hybridized carbons (Fsp3) is 0.333. The molecule has 0 radical (unpaired) electrons. The monoisotopic (exact) mass is 387 g/mol. The van der Waals surface area contributed by atoms with Crippen molar-refractivity contribution in [1.29, 1.82) is 0 Å². The number of carbonyl (C=O) groups is 2. The third-order valence-electron chi connectivity index (χ3n) is 3.89. The number of thiophene rings is 1. The lowest BCUT2D eigenvalue weighted by molar-refractivity contribution is -0.111. The molecule has 1 aromatic heterocycles. The van der Waals surface area contributed by atoms with Crippen molar-refractivity contribution in [1.82, 2.24) is 0 Å². The van der Waals surface area contributed by atoms with Crippen LogP contribution in [0, 0.1) is 6.92 Å². The highest BCUT2D eigenvalue weighted by Gasteiger charge is 2.23. The number of amides is 1. The van der Waals surface area contributed by atoms with Crippen molar-refractivity contribution in [3.05, 3.63) is 51.9 Å². The van der Waals surface area contributed by atoms with E-state index in [1.54, 1.807) is 27.0 Å². The van der Waals surface area contributed by atoms with Crippen LogP contribution in [0.2, 0.25) is 0 Å². The molecule has 0 spiro atoms. The molecular weight excluding hydrogens is 362 g/mol. The highest BCUT2D eigenvalue weighted by molar-refractivity contribution is 7.16. The summed E-state index contributed by atoms with van der Waals surface area (Å²) < 4.78 is 10.5. The molecule has 1 amide bonds. The van der Waals surface area contributed by atoms with E-state index >= 15 is 0 Å². The molecule has 0 unspecified atom stereocenters. The number of methoxy groups -OCH3 is 1. The number of ether oxygens (including phenoxy) is 2. The fourth-order valence-corrected chi connectivity index (χ4v) is 3.76. The summed E-state index contributed by atoms with van der Waals surface area (Å²) in [6.45, 7) is 7.53. The van der Waals surface area contributed by atoms with Crippen LogP contribution in [0.5, 0.6) is 5.75 Å². The van der Waals surface area contributed by atoms with Gasteiger partial charge in [0.15, 0.2) is 0 Å². The zero-order valence-electron chi connectivity index (χ0n) is 16.3. The van der Waals surface area contributed by atoms with Gasteiger partial charge in [-0.2, -0.15) is 0 Å². The quantitative estimate of drug-likeness (QED) is 0.545. The van der Waals surface area contributed by atoms with Gasteiger partial charge in [-0.25, -0.2) is 4.79 Å². The van der Waals surface area contributed by atoms with Gasteiger partial charge in [0.1, 0.15) is 10.8 Å². The van der Waals surface area contributed by atoms with Gasteiger partial charge >= 0.3 is 5.97 Å². The van der Waals surface area contributed by atoms with Crippen molar-refractivity contribution >= 4 is 34.3 Å². The molecule has 0 aliphatic carbocycles. The van der Waals surface area contributed by atoms with Gasteiger partial charge < -0.3 is 14.8 Å². The number of hydrogen-bond acceptors (Lipinski definition) is 5. The summed E-state index contributed by atoms with van der Waals surface area (Å²) in [4.78, 5) is 25.8. The summed E-state index contributed by atoms with van der Waals surface area (Å²) in [6, 6.07) is 7.37. The molecule has 0 saturated carbocycles. The van der Waals surface area contributed by atoms with Gasteiger partial charge in [-0.3, -0.25) is 4.79 Å². The molecule has 0 aliphatic heterocycles. The summed E-state index contributed by atoms with van der Waals surface area (Å²) in [5.41, 5.74) is 2.25. The van der Waals surface area contributed by atoms with E-state index in [-0.39, 0.29) is 12.0 Å². The zero-order chi connectivity index (χ0) is 20.0. The Hall–Kier alpha value is -2.60. The van der Waals surface area contributed by atoms with E-state index in [4.69, 9.17) is 9.47 Å². The third kappa shape index (κ3) is 5.44. The van der Waals surface area contributed by atoms with Gasteiger partial charge in [-0.15, -0.1) is 11.3 Å². The molecule has 2 rings (SSSR count). The summed E-state index contributed by atoms with van der Waals surface area (Å²) in [6.07, 6.45) is 3.63. The van der Waals surface area contributed by atoms with Crippen molar-refractivity contribution in [2.45, 2.75) is 40.2 Å². The molecule has 0 aliphatic rings. The lowest BCUT2D eigenvalue weighted by Gasteiger charge is -2.10. The first kappa shape index (κ1) is 20.7. The first-order chi connectivity index (χ1) is 12.8. The van der Waals surface area contributed by atoms with Gasteiger partial charge in [0.05, 0.1) is 18.8 Å². The number of carbonyl (C=O) groups excluding carboxylic acids is 2. The first-order valence-corrected chi connectivity index (χ1v) is 9.63. The highest BCUT2D eigenvalue weighted by atomic mass is 32.1. The second kappa shape index (κ2) is 9.37. The fourth-order valence-electron chi connectivity index (χ4n) is 2.62. The molecule has 6 heteroatoms. The van der Waals surface area contributed by atoms with Gasteiger partial charge in [0, 0.05) is 11.0 Å². The Morgan fingerprint density at radius 1 is 1.22 bits per heavy atom. The van der Waals surface area contributed by atoms with Gasteiger partial charge in [0.2, 0.25) is 5.91 Å². The number of anilines is 1. The molecule has 0 bridgehead atoms. The Labute approximate surface area is 164 Å². The largest absolute Gasteiger partial charge is 0.497 e. The second-order valence-corrected chi connectivity index (χ2v) is 7.47. The summed E-state index contributed by atoms with van der Waals surface area (Å²) in [5.74, 6) is 0.0556. The molecule has 5 nitrogen and oxygen atoms in total. The lowest BCUT2D eigenvalue weighted by Crippen LogP contribution is -2.16. The van der Waals surface area contributed by atoms with Crippen LogP contribution in [-0.2, 0) is 16.0 Å².